The van der Waals surface area contributed by atoms with Gasteiger partial charge < -0.3 is 4.74 Å². The summed E-state index contributed by atoms with van der Waals surface area (Å²) in [6.45, 7) is 2.06. The van der Waals surface area contributed by atoms with Crippen molar-refractivity contribution in [3.63, 3.8) is 0 Å². The molecule has 4 heteroatoms. The number of rotatable bonds is 3. The summed E-state index contributed by atoms with van der Waals surface area (Å²) in [4.78, 5) is 15.2. The van der Waals surface area contributed by atoms with E-state index in [9.17, 15) is 4.79 Å². The molecule has 1 aromatic rings. The second-order valence-corrected chi connectivity index (χ2v) is 2.57. The molecule has 0 unspecified atom stereocenters. The molecule has 14 heavy (non-hydrogen) atoms. The van der Waals surface area contributed by atoms with Crippen LogP contribution in [-0.2, 0) is 11.2 Å². The topological polar surface area (TPSA) is 63.0 Å². The largest absolute Gasteiger partial charge is 0.461 e. The summed E-state index contributed by atoms with van der Waals surface area (Å²) in [5.74, 6) is -0.452. The number of nitriles is 1. The molecule has 0 aliphatic heterocycles. The van der Waals surface area contributed by atoms with Gasteiger partial charge in [-0.15, -0.1) is 0 Å². The third kappa shape index (κ3) is 2.56. The second kappa shape index (κ2) is 4.97. The van der Waals surface area contributed by atoms with Crippen molar-refractivity contribution >= 4 is 5.97 Å². The molecule has 1 aromatic heterocycles. The van der Waals surface area contributed by atoms with Gasteiger partial charge in [-0.1, -0.05) is 6.07 Å². The van der Waals surface area contributed by atoms with Gasteiger partial charge in [-0.3, -0.25) is 0 Å². The van der Waals surface area contributed by atoms with E-state index in [1.165, 1.54) is 0 Å². The first-order valence-electron chi connectivity index (χ1n) is 4.28. The van der Waals surface area contributed by atoms with Crippen LogP contribution in [-0.4, -0.2) is 17.6 Å². The first kappa shape index (κ1) is 10.2. The number of aromatic nitrogens is 1. The Bertz CT molecular complexity index is 369. The van der Waals surface area contributed by atoms with E-state index in [2.05, 4.69) is 4.98 Å². The molecule has 0 saturated heterocycles. The fourth-order valence-electron chi connectivity index (χ4n) is 0.978. The first-order chi connectivity index (χ1) is 6.77. The van der Waals surface area contributed by atoms with Crippen LogP contribution in [0.2, 0.25) is 0 Å². The third-order valence-corrected chi connectivity index (χ3v) is 1.55. The summed E-state index contributed by atoms with van der Waals surface area (Å²) in [5.41, 5.74) is 0.831. The maximum absolute atomic E-state index is 11.2. The summed E-state index contributed by atoms with van der Waals surface area (Å²) in [6, 6.07) is 6.92. The molecule has 0 radical (unpaired) electrons. The highest BCUT2D eigenvalue weighted by atomic mass is 16.5. The van der Waals surface area contributed by atoms with E-state index in [0.29, 0.717) is 12.3 Å². The molecule has 4 nitrogen and oxygen atoms in total. The number of esters is 1. The van der Waals surface area contributed by atoms with Gasteiger partial charge in [0.05, 0.1) is 24.8 Å². The lowest BCUT2D eigenvalue weighted by Gasteiger charge is -2.01. The number of carbonyl (C=O) groups is 1. The van der Waals surface area contributed by atoms with Crippen LogP contribution in [0.5, 0.6) is 0 Å². The minimum absolute atomic E-state index is 0.202. The number of nitrogens with zero attached hydrogens (tertiary/aromatic N) is 2. The zero-order valence-electron chi connectivity index (χ0n) is 7.86. The third-order valence-electron chi connectivity index (χ3n) is 1.55. The lowest BCUT2D eigenvalue weighted by Crippen LogP contribution is -2.07. The molecule has 0 aliphatic rings. The average molecular weight is 190 g/mol. The van der Waals surface area contributed by atoms with Crippen LogP contribution in [0.4, 0.5) is 0 Å². The lowest BCUT2D eigenvalue weighted by atomic mass is 10.2. The Kier molecular flexibility index (Phi) is 3.62. The van der Waals surface area contributed by atoms with Gasteiger partial charge >= 0.3 is 5.97 Å². The van der Waals surface area contributed by atoms with Crippen molar-refractivity contribution < 1.29 is 9.53 Å². The molecule has 0 fully saturated rings. The Hall–Kier alpha value is -1.89. The van der Waals surface area contributed by atoms with Crippen LogP contribution in [0.3, 0.4) is 0 Å². The zero-order valence-corrected chi connectivity index (χ0v) is 7.86. The van der Waals surface area contributed by atoms with Crippen molar-refractivity contribution in [3.05, 3.63) is 29.6 Å². The SMILES string of the molecule is CCOC(=O)c1cccc(CC#N)n1. The molecule has 72 valence electrons. The predicted octanol–water partition coefficient (Wildman–Crippen LogP) is 1.32. The van der Waals surface area contributed by atoms with Crippen molar-refractivity contribution in [2.45, 2.75) is 13.3 Å². The number of ether oxygens (including phenoxy) is 1. The summed E-state index contributed by atoms with van der Waals surface area (Å²) >= 11 is 0. The Labute approximate surface area is 82.1 Å². The molecular weight excluding hydrogens is 180 g/mol. The Morgan fingerprint density at radius 3 is 3.07 bits per heavy atom. The Balaban J connectivity index is 2.83. The van der Waals surface area contributed by atoms with Gasteiger partial charge in [-0.05, 0) is 19.1 Å². The summed E-state index contributed by atoms with van der Waals surface area (Å²) in [5, 5.41) is 8.45. The van der Waals surface area contributed by atoms with Crippen LogP contribution in [0.15, 0.2) is 18.2 Å². The maximum Gasteiger partial charge on any atom is 0.356 e. The van der Waals surface area contributed by atoms with Gasteiger partial charge in [0.1, 0.15) is 5.69 Å². The standard InChI is InChI=1S/C10H10N2O2/c1-2-14-10(13)9-5-3-4-8(12-9)6-7-11/h3-5H,2,6H2,1H3. The van der Waals surface area contributed by atoms with E-state index in [0.717, 1.165) is 0 Å². The smallest absolute Gasteiger partial charge is 0.356 e. The van der Waals surface area contributed by atoms with Gasteiger partial charge in [0.15, 0.2) is 0 Å². The van der Waals surface area contributed by atoms with Crippen LogP contribution >= 0.6 is 0 Å². The molecule has 0 spiro atoms. The molecule has 1 rings (SSSR count). The van der Waals surface area contributed by atoms with Crippen molar-refractivity contribution in [1.82, 2.24) is 4.98 Å². The minimum Gasteiger partial charge on any atom is -0.461 e. The van der Waals surface area contributed by atoms with Crippen molar-refractivity contribution in [3.8, 4) is 6.07 Å². The fourth-order valence-corrected chi connectivity index (χ4v) is 0.978. The van der Waals surface area contributed by atoms with E-state index >= 15 is 0 Å². The highest BCUT2D eigenvalue weighted by Gasteiger charge is 2.07. The maximum atomic E-state index is 11.2. The molecule has 0 aromatic carbocycles. The van der Waals surface area contributed by atoms with Crippen LogP contribution in [0, 0.1) is 11.3 Å². The summed E-state index contributed by atoms with van der Waals surface area (Å²) in [6.07, 6.45) is 0.202. The van der Waals surface area contributed by atoms with E-state index in [1.807, 2.05) is 6.07 Å². The van der Waals surface area contributed by atoms with Gasteiger partial charge in [0.25, 0.3) is 0 Å². The normalized spacial score (nSPS) is 9.14. The van der Waals surface area contributed by atoms with E-state index < -0.39 is 5.97 Å². The highest BCUT2D eigenvalue weighted by Crippen LogP contribution is 2.01. The van der Waals surface area contributed by atoms with Crippen LogP contribution in [0.25, 0.3) is 0 Å². The molecule has 0 atom stereocenters. The quantitative estimate of drug-likeness (QED) is 0.674. The second-order valence-electron chi connectivity index (χ2n) is 2.57. The molecule has 0 saturated carbocycles. The number of carbonyl (C=O) groups excluding carboxylic acids is 1. The lowest BCUT2D eigenvalue weighted by molar-refractivity contribution is 0.0519. The summed E-state index contributed by atoms with van der Waals surface area (Å²) in [7, 11) is 0. The average Bonchev–Trinajstić information content (AvgIpc) is 2.19. The predicted molar refractivity (Wildman–Crippen MR) is 49.5 cm³/mol. The molecule has 0 N–H and O–H groups in total. The number of pyridine rings is 1. The molecule has 1 heterocycles. The van der Waals surface area contributed by atoms with E-state index in [1.54, 1.807) is 25.1 Å². The Morgan fingerprint density at radius 2 is 2.43 bits per heavy atom. The first-order valence-corrected chi connectivity index (χ1v) is 4.28. The molecular formula is C10H10N2O2. The monoisotopic (exact) mass is 190 g/mol. The van der Waals surface area contributed by atoms with E-state index in [-0.39, 0.29) is 12.1 Å². The van der Waals surface area contributed by atoms with Gasteiger partial charge in [0.2, 0.25) is 0 Å². The molecule has 0 bridgehead atoms. The fraction of sp³-hybridized carbons (Fsp3) is 0.300. The van der Waals surface area contributed by atoms with Crippen LogP contribution in [0.1, 0.15) is 23.1 Å². The van der Waals surface area contributed by atoms with Crippen molar-refractivity contribution in [2.75, 3.05) is 6.61 Å². The van der Waals surface area contributed by atoms with Gasteiger partial charge in [-0.25, -0.2) is 9.78 Å². The highest BCUT2D eigenvalue weighted by molar-refractivity contribution is 5.87. The molecule has 0 aliphatic carbocycles. The number of hydrogen-bond acceptors (Lipinski definition) is 4. The van der Waals surface area contributed by atoms with Crippen molar-refractivity contribution in [1.29, 1.82) is 5.26 Å². The van der Waals surface area contributed by atoms with Crippen molar-refractivity contribution in [2.24, 2.45) is 0 Å². The van der Waals surface area contributed by atoms with E-state index in [4.69, 9.17) is 10.00 Å². The molecule has 0 amide bonds. The Morgan fingerprint density at radius 1 is 1.64 bits per heavy atom. The summed E-state index contributed by atoms with van der Waals surface area (Å²) < 4.78 is 4.78. The minimum atomic E-state index is -0.452. The van der Waals surface area contributed by atoms with Gasteiger partial charge in [0, 0.05) is 0 Å². The zero-order chi connectivity index (χ0) is 10.4. The number of hydrogen-bond donors (Lipinski definition) is 0. The van der Waals surface area contributed by atoms with Crippen LogP contribution < -0.4 is 0 Å². The van der Waals surface area contributed by atoms with Gasteiger partial charge in [-0.2, -0.15) is 5.26 Å².